The average Bonchev–Trinajstić information content (AvgIpc) is 3.30. The maximum atomic E-state index is 12.3. The van der Waals surface area contributed by atoms with Crippen molar-refractivity contribution in [3.05, 3.63) is 93.3 Å². The summed E-state index contributed by atoms with van der Waals surface area (Å²) < 4.78 is 7.62. The maximum Gasteiger partial charge on any atom is 0.258 e. The lowest BCUT2D eigenvalue weighted by Gasteiger charge is -2.22. The van der Waals surface area contributed by atoms with Crippen molar-refractivity contribution in [2.24, 2.45) is 7.05 Å². The van der Waals surface area contributed by atoms with E-state index in [1.54, 1.807) is 43.4 Å². The van der Waals surface area contributed by atoms with Gasteiger partial charge in [0, 0.05) is 39.1 Å². The lowest BCUT2D eigenvalue weighted by molar-refractivity contribution is -0.123. The molecule has 0 aliphatic carbocycles. The highest BCUT2D eigenvalue weighted by Gasteiger charge is 2.14. The van der Waals surface area contributed by atoms with E-state index in [9.17, 15) is 14.4 Å². The largest absolute Gasteiger partial charge is 0.482 e. The number of para-hydroxylation sites is 1. The molecular formula is C27H29ClN6O4. The quantitative estimate of drug-likeness (QED) is 0.270. The van der Waals surface area contributed by atoms with Crippen LogP contribution in [-0.2, 0) is 36.3 Å². The number of benzene rings is 2. The van der Waals surface area contributed by atoms with Crippen LogP contribution in [-0.4, -0.2) is 51.4 Å². The first-order valence-electron chi connectivity index (χ1n) is 12.0. The van der Waals surface area contributed by atoms with Crippen LogP contribution in [0.3, 0.4) is 0 Å². The van der Waals surface area contributed by atoms with Gasteiger partial charge in [0.1, 0.15) is 11.6 Å². The molecule has 0 saturated heterocycles. The highest BCUT2D eigenvalue weighted by Crippen LogP contribution is 2.26. The molecule has 11 heteroatoms. The zero-order chi connectivity index (χ0) is 27.1. The first kappa shape index (κ1) is 26.9. The van der Waals surface area contributed by atoms with Gasteiger partial charge in [-0.05, 0) is 42.0 Å². The number of carbonyl (C=O) groups is 2. The predicted octanol–water partition coefficient (Wildman–Crippen LogP) is 2.36. The van der Waals surface area contributed by atoms with Crippen molar-refractivity contribution in [3.8, 4) is 5.75 Å². The molecule has 0 aliphatic heterocycles. The van der Waals surface area contributed by atoms with E-state index < -0.39 is 0 Å². The fourth-order valence-electron chi connectivity index (χ4n) is 3.95. The van der Waals surface area contributed by atoms with E-state index in [1.165, 1.54) is 0 Å². The van der Waals surface area contributed by atoms with Crippen molar-refractivity contribution in [1.82, 2.24) is 30.1 Å². The second kappa shape index (κ2) is 12.4. The molecule has 2 aromatic heterocycles. The normalized spacial score (nSPS) is 11.1. The summed E-state index contributed by atoms with van der Waals surface area (Å²) >= 11 is 6.43. The Morgan fingerprint density at radius 1 is 1.11 bits per heavy atom. The monoisotopic (exact) mass is 536 g/mol. The zero-order valence-electron chi connectivity index (χ0n) is 21.2. The van der Waals surface area contributed by atoms with E-state index in [0.717, 1.165) is 11.3 Å². The van der Waals surface area contributed by atoms with Crippen molar-refractivity contribution in [2.75, 3.05) is 20.2 Å². The Kier molecular flexibility index (Phi) is 8.77. The van der Waals surface area contributed by atoms with Gasteiger partial charge in [0.2, 0.25) is 5.91 Å². The number of fused-ring (bicyclic) bond motifs is 1. The molecule has 4 rings (SSSR count). The van der Waals surface area contributed by atoms with E-state index in [1.807, 2.05) is 40.9 Å². The molecular weight excluding hydrogens is 508 g/mol. The molecule has 2 aromatic carbocycles. The van der Waals surface area contributed by atoms with Gasteiger partial charge in [0.15, 0.2) is 6.61 Å². The van der Waals surface area contributed by atoms with Gasteiger partial charge in [0.25, 0.3) is 11.5 Å². The predicted molar refractivity (Wildman–Crippen MR) is 145 cm³/mol. The number of carbonyl (C=O) groups excluding carboxylic acids is 2. The van der Waals surface area contributed by atoms with Gasteiger partial charge in [-0.1, -0.05) is 29.8 Å². The van der Waals surface area contributed by atoms with E-state index in [4.69, 9.17) is 16.3 Å². The van der Waals surface area contributed by atoms with Gasteiger partial charge < -0.3 is 24.9 Å². The summed E-state index contributed by atoms with van der Waals surface area (Å²) in [6.07, 6.45) is 1.96. The van der Waals surface area contributed by atoms with Gasteiger partial charge in [-0.3, -0.25) is 19.3 Å². The molecule has 0 bridgehead atoms. The van der Waals surface area contributed by atoms with Crippen molar-refractivity contribution in [1.29, 1.82) is 0 Å². The molecule has 0 fully saturated rings. The lowest BCUT2D eigenvalue weighted by Crippen LogP contribution is -2.35. The summed E-state index contributed by atoms with van der Waals surface area (Å²) in [7, 11) is 3.57. The summed E-state index contributed by atoms with van der Waals surface area (Å²) in [6.45, 7) is 1.11. The first-order chi connectivity index (χ1) is 18.3. The summed E-state index contributed by atoms with van der Waals surface area (Å²) in [5.41, 5.74) is 2.27. The number of hydrogen-bond acceptors (Lipinski definition) is 6. The molecule has 4 aromatic rings. The molecule has 38 heavy (non-hydrogen) atoms. The molecule has 3 N–H and O–H groups in total. The molecule has 0 atom stereocenters. The second-order valence-corrected chi connectivity index (χ2v) is 9.20. The Hall–Kier alpha value is -4.15. The standard InChI is InChI=1S/C27H29ClN6O4/c1-29-25(35)16-34(15-19-6-5-11-33(19)2)14-18-9-10-23(21(28)12-18)38-17-26(36)30-13-24-31-22-8-4-3-7-20(22)27(37)32-24/h3-12H,13-17H2,1-2H3,(H,29,35)(H,30,36)(H,31,32,37). The minimum atomic E-state index is -0.389. The molecule has 2 amide bonds. The van der Waals surface area contributed by atoms with Gasteiger partial charge in [0.05, 0.1) is 29.0 Å². The highest BCUT2D eigenvalue weighted by atomic mass is 35.5. The van der Waals surface area contributed by atoms with Crippen molar-refractivity contribution in [2.45, 2.75) is 19.6 Å². The molecule has 0 saturated carbocycles. The van der Waals surface area contributed by atoms with Crippen molar-refractivity contribution in [3.63, 3.8) is 0 Å². The SMILES string of the molecule is CNC(=O)CN(Cc1ccc(OCC(=O)NCc2nc3ccccc3c(=O)[nH]2)c(Cl)c1)Cc1cccn1C. The summed E-state index contributed by atoms with van der Waals surface area (Å²) in [5.74, 6) is 0.240. The third-order valence-corrected chi connectivity index (χ3v) is 6.25. The van der Waals surface area contributed by atoms with Gasteiger partial charge in [-0.2, -0.15) is 0 Å². The molecule has 0 unspecified atom stereocenters. The van der Waals surface area contributed by atoms with E-state index >= 15 is 0 Å². The molecule has 0 aliphatic rings. The summed E-state index contributed by atoms with van der Waals surface area (Å²) in [4.78, 5) is 45.6. The van der Waals surface area contributed by atoms with E-state index in [0.29, 0.717) is 40.6 Å². The minimum Gasteiger partial charge on any atom is -0.482 e. The number of rotatable bonds is 11. The molecule has 0 spiro atoms. The van der Waals surface area contributed by atoms with Crippen LogP contribution in [0.5, 0.6) is 5.75 Å². The molecule has 198 valence electrons. The second-order valence-electron chi connectivity index (χ2n) is 8.79. The third kappa shape index (κ3) is 6.99. The van der Waals surface area contributed by atoms with Crippen LogP contribution in [0.25, 0.3) is 10.9 Å². The van der Waals surface area contributed by atoms with Crippen LogP contribution < -0.4 is 20.9 Å². The number of H-pyrrole nitrogens is 1. The lowest BCUT2D eigenvalue weighted by atomic mass is 10.2. The Morgan fingerprint density at radius 2 is 1.92 bits per heavy atom. The Balaban J connectivity index is 1.33. The number of hydrogen-bond donors (Lipinski definition) is 3. The number of nitrogens with zero attached hydrogens (tertiary/aromatic N) is 3. The molecule has 0 radical (unpaired) electrons. The topological polar surface area (TPSA) is 121 Å². The van der Waals surface area contributed by atoms with Gasteiger partial charge in [-0.15, -0.1) is 0 Å². The van der Waals surface area contributed by atoms with Crippen LogP contribution in [0.2, 0.25) is 5.02 Å². The smallest absolute Gasteiger partial charge is 0.258 e. The third-order valence-electron chi connectivity index (χ3n) is 5.96. The Morgan fingerprint density at radius 3 is 2.66 bits per heavy atom. The fourth-order valence-corrected chi connectivity index (χ4v) is 4.21. The van der Waals surface area contributed by atoms with Gasteiger partial charge in [-0.25, -0.2) is 4.98 Å². The number of ether oxygens (including phenoxy) is 1. The fraction of sp³-hybridized carbons (Fsp3) is 0.259. The number of aryl methyl sites for hydroxylation is 1. The van der Waals surface area contributed by atoms with E-state index in [-0.39, 0.29) is 37.1 Å². The van der Waals surface area contributed by atoms with Crippen LogP contribution in [0.15, 0.2) is 65.6 Å². The number of aromatic amines is 1. The Labute approximate surface area is 224 Å². The Bertz CT molecular complexity index is 1500. The zero-order valence-corrected chi connectivity index (χ0v) is 21.9. The van der Waals surface area contributed by atoms with Crippen molar-refractivity contribution < 1.29 is 14.3 Å². The number of likely N-dealkylation sites (N-methyl/N-ethyl adjacent to an activating group) is 1. The van der Waals surface area contributed by atoms with Crippen LogP contribution in [0, 0.1) is 0 Å². The van der Waals surface area contributed by atoms with Gasteiger partial charge >= 0.3 is 0 Å². The van der Waals surface area contributed by atoms with E-state index in [2.05, 4.69) is 20.6 Å². The molecule has 10 nitrogen and oxygen atoms in total. The minimum absolute atomic E-state index is 0.0528. The number of halogens is 1. The average molecular weight is 537 g/mol. The van der Waals surface area contributed by atoms with Crippen LogP contribution >= 0.6 is 11.6 Å². The first-order valence-corrected chi connectivity index (χ1v) is 12.4. The van der Waals surface area contributed by atoms with Crippen LogP contribution in [0.4, 0.5) is 0 Å². The number of nitrogens with one attached hydrogen (secondary N) is 3. The summed E-state index contributed by atoms with van der Waals surface area (Å²) in [5, 5.41) is 6.19. The number of amides is 2. The molecule has 2 heterocycles. The number of aromatic nitrogens is 3. The summed E-state index contributed by atoms with van der Waals surface area (Å²) in [6, 6.07) is 16.3. The van der Waals surface area contributed by atoms with Crippen molar-refractivity contribution >= 4 is 34.3 Å². The van der Waals surface area contributed by atoms with Crippen LogP contribution in [0.1, 0.15) is 17.1 Å². The maximum absolute atomic E-state index is 12.3. The highest BCUT2D eigenvalue weighted by molar-refractivity contribution is 6.32.